The van der Waals surface area contributed by atoms with Crippen LogP contribution in [0, 0.1) is 0 Å². The van der Waals surface area contributed by atoms with Crippen molar-refractivity contribution in [1.82, 2.24) is 0 Å². The van der Waals surface area contributed by atoms with E-state index < -0.39 is 24.0 Å². The first-order valence-electron chi connectivity index (χ1n) is 5.65. The Morgan fingerprint density at radius 1 is 0.789 bits per heavy atom. The van der Waals surface area contributed by atoms with Gasteiger partial charge in [0.25, 0.3) is 0 Å². The first-order valence-corrected chi connectivity index (χ1v) is 9.11. The van der Waals surface area contributed by atoms with Gasteiger partial charge in [-0.1, -0.05) is 0 Å². The van der Waals surface area contributed by atoms with E-state index in [1.54, 1.807) is 11.8 Å². The van der Waals surface area contributed by atoms with Crippen molar-refractivity contribution in [2.75, 3.05) is 34.5 Å². The Hall–Kier alpha value is -0.0900. The van der Waals surface area contributed by atoms with Crippen LogP contribution >= 0.6 is 35.3 Å². The van der Waals surface area contributed by atoms with Gasteiger partial charge >= 0.3 is 11.9 Å². The lowest BCUT2D eigenvalue weighted by atomic mass is 10.4. The quantitative estimate of drug-likeness (QED) is 0.366. The van der Waals surface area contributed by atoms with Gasteiger partial charge < -0.3 is 21.7 Å². The standard InChI is InChI=1S/C10H20N2O4S3/c11-7(9(13)14)5-18-3-1-17-2-4-19-6-8(12)10(15)16/h7-8H,1-6,11-12H2,(H,13,14)(H,15,16)/t7-,8+. The van der Waals surface area contributed by atoms with Crippen molar-refractivity contribution in [2.45, 2.75) is 12.1 Å². The highest BCUT2D eigenvalue weighted by molar-refractivity contribution is 8.04. The molecule has 0 unspecified atom stereocenters. The zero-order valence-corrected chi connectivity index (χ0v) is 12.9. The van der Waals surface area contributed by atoms with E-state index in [2.05, 4.69) is 0 Å². The number of rotatable bonds is 12. The lowest BCUT2D eigenvalue weighted by molar-refractivity contribution is -0.138. The number of carbonyl (C=O) groups is 2. The Labute approximate surface area is 125 Å². The van der Waals surface area contributed by atoms with Crippen LogP contribution in [0.15, 0.2) is 0 Å². The summed E-state index contributed by atoms with van der Waals surface area (Å²) in [5.41, 5.74) is 10.7. The van der Waals surface area contributed by atoms with Gasteiger partial charge in [-0.05, 0) is 0 Å². The Bertz CT molecular complexity index is 256. The molecule has 0 aliphatic heterocycles. The van der Waals surface area contributed by atoms with E-state index in [-0.39, 0.29) is 0 Å². The molecular formula is C10H20N2O4S3. The normalized spacial score (nSPS) is 14.0. The minimum absolute atomic E-state index is 0.429. The van der Waals surface area contributed by atoms with Crippen LogP contribution in [-0.4, -0.2) is 68.8 Å². The largest absolute Gasteiger partial charge is 0.480 e. The summed E-state index contributed by atoms with van der Waals surface area (Å²) < 4.78 is 0. The third kappa shape index (κ3) is 11.4. The molecule has 9 heteroatoms. The van der Waals surface area contributed by atoms with Crippen LogP contribution in [-0.2, 0) is 9.59 Å². The molecule has 0 aromatic rings. The fourth-order valence-corrected chi connectivity index (χ4v) is 4.12. The van der Waals surface area contributed by atoms with Crippen molar-refractivity contribution in [1.29, 1.82) is 0 Å². The predicted octanol–water partition coefficient (Wildman–Crippen LogP) is 0.00980. The zero-order chi connectivity index (χ0) is 14.7. The van der Waals surface area contributed by atoms with Crippen molar-refractivity contribution in [2.24, 2.45) is 11.5 Å². The number of thioether (sulfide) groups is 3. The first-order chi connectivity index (χ1) is 8.95. The second kappa shape index (κ2) is 11.7. The summed E-state index contributed by atoms with van der Waals surface area (Å²) >= 11 is 4.82. The van der Waals surface area contributed by atoms with Crippen molar-refractivity contribution in [3.63, 3.8) is 0 Å². The van der Waals surface area contributed by atoms with Gasteiger partial charge in [0.1, 0.15) is 12.1 Å². The summed E-state index contributed by atoms with van der Waals surface area (Å²) in [4.78, 5) is 20.9. The smallest absolute Gasteiger partial charge is 0.321 e. The average Bonchev–Trinajstić information content (AvgIpc) is 2.35. The predicted molar refractivity (Wildman–Crippen MR) is 83.2 cm³/mol. The molecule has 0 fully saturated rings. The molecule has 6 N–H and O–H groups in total. The Morgan fingerprint density at radius 3 is 1.42 bits per heavy atom. The molecule has 0 saturated carbocycles. The molecular weight excluding hydrogens is 308 g/mol. The minimum atomic E-state index is -0.966. The van der Waals surface area contributed by atoms with E-state index in [1.165, 1.54) is 23.5 Å². The highest BCUT2D eigenvalue weighted by Crippen LogP contribution is 2.11. The lowest BCUT2D eigenvalue weighted by Gasteiger charge is -2.07. The monoisotopic (exact) mass is 328 g/mol. The molecule has 19 heavy (non-hydrogen) atoms. The third-order valence-corrected chi connectivity index (χ3v) is 5.65. The topological polar surface area (TPSA) is 127 Å². The Kier molecular flexibility index (Phi) is 11.7. The molecule has 0 spiro atoms. The average molecular weight is 328 g/mol. The van der Waals surface area contributed by atoms with Crippen molar-refractivity contribution in [3.8, 4) is 0 Å². The van der Waals surface area contributed by atoms with Crippen molar-refractivity contribution < 1.29 is 19.8 Å². The van der Waals surface area contributed by atoms with Crippen LogP contribution < -0.4 is 11.5 Å². The highest BCUT2D eigenvalue weighted by Gasteiger charge is 2.11. The molecule has 0 aliphatic carbocycles. The molecule has 0 bridgehead atoms. The van der Waals surface area contributed by atoms with Crippen LogP contribution in [0.3, 0.4) is 0 Å². The van der Waals surface area contributed by atoms with Gasteiger partial charge in [-0.25, -0.2) is 0 Å². The number of hydrogen-bond acceptors (Lipinski definition) is 7. The Balaban J connectivity index is 3.24. The van der Waals surface area contributed by atoms with E-state index in [9.17, 15) is 9.59 Å². The fraction of sp³-hybridized carbons (Fsp3) is 0.800. The SMILES string of the molecule is N[C@H](CSCCSCCSC[C@H](N)C(=O)O)C(=O)O. The molecule has 0 aromatic heterocycles. The molecule has 112 valence electrons. The van der Waals surface area contributed by atoms with Gasteiger partial charge in [-0.2, -0.15) is 35.3 Å². The molecule has 2 atom stereocenters. The van der Waals surface area contributed by atoms with Crippen LogP contribution in [0.25, 0.3) is 0 Å². The van der Waals surface area contributed by atoms with E-state index in [1.807, 2.05) is 0 Å². The van der Waals surface area contributed by atoms with Gasteiger partial charge in [0, 0.05) is 34.5 Å². The maximum absolute atomic E-state index is 10.4. The maximum atomic E-state index is 10.4. The van der Waals surface area contributed by atoms with E-state index in [0.717, 1.165) is 23.0 Å². The lowest BCUT2D eigenvalue weighted by Crippen LogP contribution is -2.32. The fourth-order valence-electron chi connectivity index (χ4n) is 0.901. The van der Waals surface area contributed by atoms with E-state index in [0.29, 0.717) is 11.5 Å². The molecule has 0 rings (SSSR count). The minimum Gasteiger partial charge on any atom is -0.480 e. The summed E-state index contributed by atoms with van der Waals surface area (Å²) in [6.07, 6.45) is 0. The zero-order valence-electron chi connectivity index (χ0n) is 10.5. The molecule has 0 aromatic carbocycles. The first kappa shape index (κ1) is 18.9. The summed E-state index contributed by atoms with van der Waals surface area (Å²) in [6.45, 7) is 0. The number of aliphatic carboxylic acids is 2. The summed E-state index contributed by atoms with van der Waals surface area (Å²) in [5, 5.41) is 17.1. The molecule has 0 heterocycles. The summed E-state index contributed by atoms with van der Waals surface area (Å²) in [6, 6.07) is -1.58. The molecule has 0 aliphatic rings. The summed E-state index contributed by atoms with van der Waals surface area (Å²) in [7, 11) is 0. The molecule has 0 amide bonds. The number of nitrogens with two attached hydrogens (primary N) is 2. The van der Waals surface area contributed by atoms with E-state index >= 15 is 0 Å². The number of carboxylic acids is 2. The molecule has 0 saturated heterocycles. The van der Waals surface area contributed by atoms with Crippen LogP contribution in [0.2, 0.25) is 0 Å². The van der Waals surface area contributed by atoms with Gasteiger partial charge in [0.15, 0.2) is 0 Å². The molecule has 0 radical (unpaired) electrons. The van der Waals surface area contributed by atoms with Crippen LogP contribution in [0.1, 0.15) is 0 Å². The van der Waals surface area contributed by atoms with Crippen LogP contribution in [0.4, 0.5) is 0 Å². The number of carboxylic acid groups (broad SMARTS) is 2. The van der Waals surface area contributed by atoms with E-state index in [4.69, 9.17) is 21.7 Å². The Morgan fingerprint density at radius 2 is 1.11 bits per heavy atom. The van der Waals surface area contributed by atoms with Crippen molar-refractivity contribution >= 4 is 47.2 Å². The van der Waals surface area contributed by atoms with Gasteiger partial charge in [-0.15, -0.1) is 0 Å². The second-order valence-corrected chi connectivity index (χ2v) is 7.18. The number of hydrogen-bond donors (Lipinski definition) is 4. The molecule has 6 nitrogen and oxygen atoms in total. The maximum Gasteiger partial charge on any atom is 0.321 e. The van der Waals surface area contributed by atoms with Gasteiger partial charge in [-0.3, -0.25) is 9.59 Å². The van der Waals surface area contributed by atoms with Gasteiger partial charge in [0.2, 0.25) is 0 Å². The summed E-state index contributed by atoms with van der Waals surface area (Å²) in [5.74, 6) is 2.52. The van der Waals surface area contributed by atoms with Crippen LogP contribution in [0.5, 0.6) is 0 Å². The van der Waals surface area contributed by atoms with Crippen molar-refractivity contribution in [3.05, 3.63) is 0 Å². The second-order valence-electron chi connectivity index (χ2n) is 3.65. The third-order valence-electron chi connectivity index (χ3n) is 1.97. The highest BCUT2D eigenvalue weighted by atomic mass is 32.2. The van der Waals surface area contributed by atoms with Gasteiger partial charge in [0.05, 0.1) is 0 Å².